The van der Waals surface area contributed by atoms with Crippen molar-refractivity contribution in [3.05, 3.63) is 0 Å². The molecule has 0 heterocycles. The Bertz CT molecular complexity index is 153. The van der Waals surface area contributed by atoms with E-state index in [9.17, 15) is 0 Å². The third kappa shape index (κ3) is 6.71. The monoisotopic (exact) mass is 201 g/mol. The number of hydrogen-bond acceptors (Lipinski definition) is 3. The van der Waals surface area contributed by atoms with E-state index in [0.29, 0.717) is 12.3 Å². The molecule has 0 aromatic carbocycles. The zero-order chi connectivity index (χ0) is 10.8. The molecule has 4 heteroatoms. The molecule has 0 spiro atoms. The van der Waals surface area contributed by atoms with E-state index in [-0.39, 0.29) is 0 Å². The van der Waals surface area contributed by atoms with Crippen LogP contribution in [0, 0.1) is 0 Å². The highest BCUT2D eigenvalue weighted by Gasteiger charge is 2.02. The van der Waals surface area contributed by atoms with E-state index in [2.05, 4.69) is 23.9 Å². The SMILES string of the molecule is CCCN(CCC)CCC/C(N)=N/O. The second-order valence-electron chi connectivity index (χ2n) is 3.54. The summed E-state index contributed by atoms with van der Waals surface area (Å²) in [5, 5.41) is 11.3. The minimum absolute atomic E-state index is 0.331. The van der Waals surface area contributed by atoms with Crippen LogP contribution in [0.5, 0.6) is 0 Å². The quantitative estimate of drug-likeness (QED) is 0.271. The lowest BCUT2D eigenvalue weighted by atomic mass is 10.2. The molecule has 0 atom stereocenters. The van der Waals surface area contributed by atoms with Crippen molar-refractivity contribution in [3.63, 3.8) is 0 Å². The average molecular weight is 201 g/mol. The van der Waals surface area contributed by atoms with Gasteiger partial charge in [0.05, 0.1) is 0 Å². The van der Waals surface area contributed by atoms with Gasteiger partial charge in [0.1, 0.15) is 5.84 Å². The van der Waals surface area contributed by atoms with E-state index < -0.39 is 0 Å². The molecular weight excluding hydrogens is 178 g/mol. The van der Waals surface area contributed by atoms with Crippen molar-refractivity contribution in [1.29, 1.82) is 0 Å². The van der Waals surface area contributed by atoms with Crippen LogP contribution in [0.3, 0.4) is 0 Å². The van der Waals surface area contributed by atoms with Gasteiger partial charge >= 0.3 is 0 Å². The highest BCUT2D eigenvalue weighted by molar-refractivity contribution is 5.79. The highest BCUT2D eigenvalue weighted by atomic mass is 16.4. The summed E-state index contributed by atoms with van der Waals surface area (Å²) in [6.07, 6.45) is 4.02. The van der Waals surface area contributed by atoms with Gasteiger partial charge in [0.2, 0.25) is 0 Å². The molecule has 0 rings (SSSR count). The Balaban J connectivity index is 3.59. The summed E-state index contributed by atoms with van der Waals surface area (Å²) in [6.45, 7) is 7.70. The van der Waals surface area contributed by atoms with Crippen LogP contribution in [0.15, 0.2) is 5.16 Å². The van der Waals surface area contributed by atoms with Gasteiger partial charge in [-0.05, 0) is 38.9 Å². The van der Waals surface area contributed by atoms with Crippen molar-refractivity contribution in [2.45, 2.75) is 39.5 Å². The van der Waals surface area contributed by atoms with Crippen molar-refractivity contribution in [2.24, 2.45) is 10.9 Å². The summed E-state index contributed by atoms with van der Waals surface area (Å²) in [5.41, 5.74) is 5.39. The molecule has 0 aliphatic rings. The molecule has 0 radical (unpaired) electrons. The Morgan fingerprint density at radius 1 is 1.21 bits per heavy atom. The number of hydrogen-bond donors (Lipinski definition) is 2. The van der Waals surface area contributed by atoms with Crippen LogP contribution in [0.2, 0.25) is 0 Å². The Hall–Kier alpha value is -0.770. The van der Waals surface area contributed by atoms with Gasteiger partial charge in [-0.25, -0.2) is 0 Å². The molecule has 0 amide bonds. The molecule has 0 aromatic rings. The van der Waals surface area contributed by atoms with Crippen LogP contribution in [0.1, 0.15) is 39.5 Å². The highest BCUT2D eigenvalue weighted by Crippen LogP contribution is 1.98. The average Bonchev–Trinajstić information content (AvgIpc) is 2.18. The van der Waals surface area contributed by atoms with E-state index in [1.807, 2.05) is 0 Å². The third-order valence-electron chi connectivity index (χ3n) is 2.12. The van der Waals surface area contributed by atoms with Crippen molar-refractivity contribution in [2.75, 3.05) is 19.6 Å². The van der Waals surface area contributed by atoms with Crippen LogP contribution >= 0.6 is 0 Å². The van der Waals surface area contributed by atoms with E-state index >= 15 is 0 Å². The molecule has 0 saturated heterocycles. The fraction of sp³-hybridized carbons (Fsp3) is 0.900. The third-order valence-corrected chi connectivity index (χ3v) is 2.12. The molecular formula is C10H23N3O. The van der Waals surface area contributed by atoms with E-state index in [4.69, 9.17) is 10.9 Å². The summed E-state index contributed by atoms with van der Waals surface area (Å²) in [4.78, 5) is 2.42. The molecule has 14 heavy (non-hydrogen) atoms. The number of rotatable bonds is 8. The fourth-order valence-electron chi connectivity index (χ4n) is 1.50. The predicted molar refractivity (Wildman–Crippen MR) is 59.7 cm³/mol. The Morgan fingerprint density at radius 3 is 2.21 bits per heavy atom. The van der Waals surface area contributed by atoms with E-state index in [1.165, 1.54) is 12.8 Å². The van der Waals surface area contributed by atoms with Crippen LogP contribution in [0.4, 0.5) is 0 Å². The molecule has 0 fully saturated rings. The molecule has 0 aromatic heterocycles. The summed E-state index contributed by atoms with van der Waals surface area (Å²) < 4.78 is 0. The van der Waals surface area contributed by atoms with Gasteiger partial charge in [0.25, 0.3) is 0 Å². The first kappa shape index (κ1) is 13.2. The lowest BCUT2D eigenvalue weighted by Gasteiger charge is -2.20. The van der Waals surface area contributed by atoms with Crippen LogP contribution in [-0.2, 0) is 0 Å². The molecule has 0 aliphatic heterocycles. The molecule has 4 nitrogen and oxygen atoms in total. The van der Waals surface area contributed by atoms with Gasteiger partial charge < -0.3 is 15.8 Å². The number of oxime groups is 1. The maximum absolute atomic E-state index is 8.36. The second-order valence-corrected chi connectivity index (χ2v) is 3.54. The first-order valence-corrected chi connectivity index (χ1v) is 5.43. The summed E-state index contributed by atoms with van der Waals surface area (Å²) in [5.74, 6) is 0.331. The van der Waals surface area contributed by atoms with Gasteiger partial charge in [0, 0.05) is 6.42 Å². The number of amidine groups is 1. The maximum Gasteiger partial charge on any atom is 0.139 e. The van der Waals surface area contributed by atoms with Gasteiger partial charge in [-0.3, -0.25) is 0 Å². The Kier molecular flexibility index (Phi) is 8.33. The summed E-state index contributed by atoms with van der Waals surface area (Å²) in [6, 6.07) is 0. The van der Waals surface area contributed by atoms with Crippen molar-refractivity contribution < 1.29 is 5.21 Å². The lowest BCUT2D eigenvalue weighted by molar-refractivity contribution is 0.272. The van der Waals surface area contributed by atoms with Crippen molar-refractivity contribution in [1.82, 2.24) is 4.90 Å². The maximum atomic E-state index is 8.36. The second kappa shape index (κ2) is 8.81. The Morgan fingerprint density at radius 2 is 1.79 bits per heavy atom. The van der Waals surface area contributed by atoms with Gasteiger partial charge in [0.15, 0.2) is 0 Å². The van der Waals surface area contributed by atoms with Crippen LogP contribution < -0.4 is 5.73 Å². The topological polar surface area (TPSA) is 61.8 Å². The van der Waals surface area contributed by atoms with E-state index in [0.717, 1.165) is 26.1 Å². The van der Waals surface area contributed by atoms with Gasteiger partial charge in [-0.1, -0.05) is 19.0 Å². The summed E-state index contributed by atoms with van der Waals surface area (Å²) in [7, 11) is 0. The molecule has 0 saturated carbocycles. The molecule has 84 valence electrons. The Labute approximate surface area is 86.8 Å². The lowest BCUT2D eigenvalue weighted by Crippen LogP contribution is -2.27. The molecule has 0 aliphatic carbocycles. The van der Waals surface area contributed by atoms with Crippen molar-refractivity contribution in [3.8, 4) is 0 Å². The van der Waals surface area contributed by atoms with E-state index in [1.54, 1.807) is 0 Å². The van der Waals surface area contributed by atoms with Gasteiger partial charge in [-0.15, -0.1) is 0 Å². The predicted octanol–water partition coefficient (Wildman–Crippen LogP) is 1.63. The standard InChI is InChI=1S/C10H23N3O/c1-3-7-13(8-4-2)9-5-6-10(11)12-14/h14H,3-9H2,1-2H3,(H2,11,12). The first-order chi connectivity index (χ1) is 6.74. The minimum Gasteiger partial charge on any atom is -0.409 e. The molecule has 0 unspecified atom stereocenters. The van der Waals surface area contributed by atoms with Crippen LogP contribution in [0.25, 0.3) is 0 Å². The van der Waals surface area contributed by atoms with Crippen LogP contribution in [-0.4, -0.2) is 35.6 Å². The largest absolute Gasteiger partial charge is 0.409 e. The van der Waals surface area contributed by atoms with Crippen molar-refractivity contribution >= 4 is 5.84 Å². The smallest absolute Gasteiger partial charge is 0.139 e. The zero-order valence-electron chi connectivity index (χ0n) is 9.37. The molecule has 0 bridgehead atoms. The normalized spacial score (nSPS) is 12.4. The minimum atomic E-state index is 0.331. The zero-order valence-corrected chi connectivity index (χ0v) is 9.37. The van der Waals surface area contributed by atoms with Gasteiger partial charge in [-0.2, -0.15) is 0 Å². The fourth-order valence-corrected chi connectivity index (χ4v) is 1.50. The first-order valence-electron chi connectivity index (χ1n) is 5.43. The number of nitrogens with two attached hydrogens (primary N) is 1. The summed E-state index contributed by atoms with van der Waals surface area (Å²) >= 11 is 0. The number of nitrogens with zero attached hydrogens (tertiary/aromatic N) is 2. The molecule has 3 N–H and O–H groups in total.